The summed E-state index contributed by atoms with van der Waals surface area (Å²) in [6, 6.07) is 17.6. The monoisotopic (exact) mass is 1340 g/mol. The summed E-state index contributed by atoms with van der Waals surface area (Å²) in [4.78, 5) is 69.7. The third kappa shape index (κ3) is 18.1. The Kier molecular flexibility index (Phi) is 23.9. The number of carboxylic acids is 3. The minimum atomic E-state index is -1.36. The molecule has 0 bridgehead atoms. The van der Waals surface area contributed by atoms with Gasteiger partial charge in [0, 0.05) is 19.3 Å². The van der Waals surface area contributed by atoms with E-state index in [9.17, 15) is 59.4 Å². The van der Waals surface area contributed by atoms with Crippen molar-refractivity contribution in [1.29, 1.82) is 0 Å². The summed E-state index contributed by atoms with van der Waals surface area (Å²) < 4.78 is 33.5. The van der Waals surface area contributed by atoms with Gasteiger partial charge in [0.25, 0.3) is 0 Å². The molecule has 3 aromatic rings. The van der Waals surface area contributed by atoms with Crippen LogP contribution < -0.4 is 14.2 Å². The number of aliphatic hydroxyl groups excluding tert-OH is 6. The van der Waals surface area contributed by atoms with Gasteiger partial charge in [-0.3, -0.25) is 9.59 Å². The molecule has 0 saturated heterocycles. The summed E-state index contributed by atoms with van der Waals surface area (Å²) in [6.07, 6.45) is 15.7. The maximum atomic E-state index is 12.4. The van der Waals surface area contributed by atoms with Gasteiger partial charge in [-0.25, -0.2) is 19.2 Å². The number of aliphatic carboxylic acids is 3. The molecule has 3 aromatic carbocycles. The zero-order valence-corrected chi connectivity index (χ0v) is 56.0. The molecule has 0 aliphatic heterocycles. The van der Waals surface area contributed by atoms with E-state index in [2.05, 4.69) is 18.2 Å². The number of hydrogen-bond donors (Lipinski definition) is 9. The molecule has 0 radical (unpaired) electrons. The molecule has 9 aliphatic rings. The number of carbonyl (C=O) groups is 6. The van der Waals surface area contributed by atoms with Crippen LogP contribution in [0.2, 0.25) is 0 Å². The number of carbonyl (C=O) groups excluding carboxylic acids is 3. The first-order chi connectivity index (χ1) is 45.9. The minimum Gasteiger partial charge on any atom is -0.482 e. The van der Waals surface area contributed by atoms with Crippen LogP contribution in [0.1, 0.15) is 189 Å². The van der Waals surface area contributed by atoms with Crippen LogP contribution in [0.15, 0.2) is 54.6 Å². The fraction of sp³-hybridized carbons (Fsp3) is 0.680. The standard InChI is InChI=1S/C26H36O7.C25H34O7.C24H32O7/c1-2-18(27)6-7-19-20-12-16-4-3-5-23(21(16)13-17(20)14-22(19)28)32-15-25(31)33-26(10-11-26)9-8-24(29)30;1-2-17(26)6-7-18-19-10-15-4-3-5-22(20(15)11-16(19)12-21(18)27)31-14-24(30)32-25(8-9-25)13-23(28)29;1-2-16(25)6-7-17-18-10-14-4-3-5-21(19(14)11-15(18)12-20(17)26)30-13-22(27)31-24(8-9-24)23(28)29/h3-5,17-20,22,27-28H,2,6-15H2,1H3,(H,29,30);3-5,16-19,21,26-27H,2,6-14H2,1H3,(H,28,29);3-5,15-18,20,25-26H,2,6-13H2,1H3,(H,28,29)/t17-,18-,19+,20-,22+;16-,17-,18+,19-,21+;15-,16-,17+,18-,20+/m000/s1. The number of aliphatic hydroxyl groups is 6. The number of fused-ring (bicyclic) bond motifs is 6. The molecule has 0 amide bonds. The van der Waals surface area contributed by atoms with Crippen LogP contribution in [0.3, 0.4) is 0 Å². The highest BCUT2D eigenvalue weighted by Crippen LogP contribution is 2.52. The lowest BCUT2D eigenvalue weighted by atomic mass is 9.73. The molecule has 15 atom stereocenters. The first kappa shape index (κ1) is 72.4. The fourth-order valence-corrected chi connectivity index (χ4v) is 16.9. The van der Waals surface area contributed by atoms with Gasteiger partial charge in [0.05, 0.1) is 43.0 Å². The summed E-state index contributed by atoms with van der Waals surface area (Å²) in [6.45, 7) is 5.17. The van der Waals surface area contributed by atoms with Crippen LogP contribution in [0.4, 0.5) is 0 Å². The first-order valence-electron chi connectivity index (χ1n) is 35.5. The smallest absolute Gasteiger partial charge is 0.348 e. The average molecular weight is 1340 g/mol. The van der Waals surface area contributed by atoms with E-state index in [1.807, 2.05) is 57.2 Å². The maximum absolute atomic E-state index is 12.4. The Morgan fingerprint density at radius 1 is 0.458 bits per heavy atom. The molecule has 0 heterocycles. The third-order valence-corrected chi connectivity index (χ3v) is 22.9. The third-order valence-electron chi connectivity index (χ3n) is 22.9. The Morgan fingerprint density at radius 3 is 1.10 bits per heavy atom. The lowest BCUT2D eigenvalue weighted by molar-refractivity contribution is -0.168. The molecule has 21 heteroatoms. The Labute approximate surface area is 562 Å². The summed E-state index contributed by atoms with van der Waals surface area (Å²) in [5, 5.41) is 88.9. The van der Waals surface area contributed by atoms with Gasteiger partial charge in [-0.15, -0.1) is 0 Å². The molecule has 6 fully saturated rings. The van der Waals surface area contributed by atoms with Crippen molar-refractivity contribution in [1.82, 2.24) is 0 Å². The highest BCUT2D eigenvalue weighted by molar-refractivity contribution is 5.85. The average Bonchev–Trinajstić information content (AvgIpc) is 1.55. The summed E-state index contributed by atoms with van der Waals surface area (Å²) in [5.41, 5.74) is 4.01. The molecule has 0 aromatic heterocycles. The number of ether oxygens (including phenoxy) is 6. The van der Waals surface area contributed by atoms with Crippen LogP contribution in [0, 0.1) is 53.3 Å². The molecular formula is C75H102O21. The first-order valence-corrected chi connectivity index (χ1v) is 35.5. The summed E-state index contributed by atoms with van der Waals surface area (Å²) in [5.74, 6) is 0.250. The zero-order valence-electron chi connectivity index (χ0n) is 56.0. The van der Waals surface area contributed by atoms with Gasteiger partial charge in [-0.1, -0.05) is 57.2 Å². The van der Waals surface area contributed by atoms with Crippen molar-refractivity contribution in [3.05, 3.63) is 88.0 Å². The van der Waals surface area contributed by atoms with Gasteiger partial charge in [0.2, 0.25) is 5.60 Å². The van der Waals surface area contributed by atoms with Gasteiger partial charge >= 0.3 is 35.8 Å². The second-order valence-corrected chi connectivity index (χ2v) is 29.4. The lowest BCUT2D eigenvalue weighted by Crippen LogP contribution is -2.31. The number of carboxylic acid groups (broad SMARTS) is 3. The zero-order chi connectivity index (χ0) is 68.6. The van der Waals surface area contributed by atoms with Gasteiger partial charge < -0.3 is 74.4 Å². The van der Waals surface area contributed by atoms with Crippen LogP contribution in [-0.4, -0.2) is 155 Å². The second-order valence-electron chi connectivity index (χ2n) is 29.4. The molecule has 6 saturated carbocycles. The second kappa shape index (κ2) is 31.7. The van der Waals surface area contributed by atoms with Crippen LogP contribution in [0.25, 0.3) is 0 Å². The van der Waals surface area contributed by atoms with E-state index in [1.165, 1.54) is 16.7 Å². The summed E-state index contributed by atoms with van der Waals surface area (Å²) in [7, 11) is 0. The summed E-state index contributed by atoms with van der Waals surface area (Å²) >= 11 is 0. The van der Waals surface area contributed by atoms with E-state index in [4.69, 9.17) is 43.7 Å². The number of benzene rings is 3. The largest absolute Gasteiger partial charge is 0.482 e. The van der Waals surface area contributed by atoms with Crippen molar-refractivity contribution in [2.75, 3.05) is 19.8 Å². The van der Waals surface area contributed by atoms with E-state index in [-0.39, 0.29) is 87.0 Å². The molecule has 0 unspecified atom stereocenters. The lowest BCUT2D eigenvalue weighted by Gasteiger charge is -2.32. The minimum absolute atomic E-state index is 0.00681. The Bertz CT molecular complexity index is 3200. The SMILES string of the molecule is CC[C@H](O)CC[C@@H]1[C@H]2Cc3cccc(OCC(=O)OC4(C(=O)O)CC4)c3C[C@H]2C[C@H]1O.CC[C@H](O)CC[C@@H]1[C@H]2Cc3cccc(OCC(=O)OC4(CC(=O)O)CC4)c3C[C@H]2C[C@H]1O.CC[C@H](O)CC[C@@H]1[C@H]2Cc3cccc(OCC(=O)OC4(CCC(=O)O)CC4)c3C[C@H]2C[C@H]1O. The number of rotatable bonds is 30. The Morgan fingerprint density at radius 2 is 0.802 bits per heavy atom. The van der Waals surface area contributed by atoms with E-state index in [0.717, 1.165) is 132 Å². The van der Waals surface area contributed by atoms with Crippen molar-refractivity contribution in [3.8, 4) is 17.2 Å². The van der Waals surface area contributed by atoms with Crippen LogP contribution >= 0.6 is 0 Å². The van der Waals surface area contributed by atoms with Gasteiger partial charge in [0.1, 0.15) is 28.5 Å². The Hall–Kier alpha value is -6.36. The highest BCUT2D eigenvalue weighted by atomic mass is 16.6. The Balaban J connectivity index is 0.000000157. The fourth-order valence-electron chi connectivity index (χ4n) is 16.9. The molecule has 12 rings (SSSR count). The van der Waals surface area contributed by atoms with Gasteiger partial charge in [-0.2, -0.15) is 0 Å². The van der Waals surface area contributed by atoms with Gasteiger partial charge in [-0.05, 0) is 253 Å². The number of hydrogen-bond acceptors (Lipinski definition) is 18. The van der Waals surface area contributed by atoms with Crippen LogP contribution in [0.5, 0.6) is 17.2 Å². The van der Waals surface area contributed by atoms with E-state index in [1.54, 1.807) is 0 Å². The molecule has 21 nitrogen and oxygen atoms in total. The van der Waals surface area contributed by atoms with E-state index < -0.39 is 52.6 Å². The maximum Gasteiger partial charge on any atom is 0.348 e. The van der Waals surface area contributed by atoms with Crippen molar-refractivity contribution < 1.29 is 103 Å². The number of esters is 3. The quantitative estimate of drug-likeness (QED) is 0.0223. The predicted molar refractivity (Wildman–Crippen MR) is 349 cm³/mol. The predicted octanol–water partition coefficient (Wildman–Crippen LogP) is 8.64. The molecular weight excluding hydrogens is 1240 g/mol. The topological polar surface area (TPSA) is 340 Å². The molecule has 0 spiro atoms. The van der Waals surface area contributed by atoms with Crippen LogP contribution in [-0.2, 0) is 81.5 Å². The normalized spacial score (nSPS) is 28.3. The van der Waals surface area contributed by atoms with E-state index >= 15 is 0 Å². The van der Waals surface area contributed by atoms with Crippen molar-refractivity contribution in [3.63, 3.8) is 0 Å². The van der Waals surface area contributed by atoms with Gasteiger partial charge in [0.15, 0.2) is 19.8 Å². The van der Waals surface area contributed by atoms with E-state index in [0.29, 0.717) is 97.7 Å². The molecule has 96 heavy (non-hydrogen) atoms. The highest BCUT2D eigenvalue weighted by Gasteiger charge is 2.55. The molecule has 528 valence electrons. The molecule has 9 N–H and O–H groups in total. The van der Waals surface area contributed by atoms with Crippen molar-refractivity contribution in [2.45, 2.75) is 248 Å². The molecule has 9 aliphatic carbocycles. The van der Waals surface area contributed by atoms with Crippen molar-refractivity contribution in [2.24, 2.45) is 53.3 Å². The van der Waals surface area contributed by atoms with Crippen molar-refractivity contribution >= 4 is 35.8 Å².